The predicted octanol–water partition coefficient (Wildman–Crippen LogP) is 1.67. The van der Waals surface area contributed by atoms with Crippen molar-refractivity contribution >= 4 is 11.6 Å². The minimum atomic E-state index is -0.385. The molecule has 2 rings (SSSR count). The fourth-order valence-electron chi connectivity index (χ4n) is 1.77. The van der Waals surface area contributed by atoms with E-state index in [9.17, 15) is 4.79 Å². The van der Waals surface area contributed by atoms with Crippen LogP contribution in [-0.4, -0.2) is 30.6 Å². The molecule has 0 N–H and O–H groups in total. The molecule has 1 aromatic rings. The summed E-state index contributed by atoms with van der Waals surface area (Å²) in [5.41, 5.74) is 1.46. The third-order valence-corrected chi connectivity index (χ3v) is 2.64. The smallest absolute Gasteiger partial charge is 0.224 e. The van der Waals surface area contributed by atoms with Crippen molar-refractivity contribution in [2.75, 3.05) is 24.7 Å². The quantitative estimate of drug-likeness (QED) is 0.760. The number of aromatic nitrogens is 1. The van der Waals surface area contributed by atoms with Gasteiger partial charge in [0.25, 0.3) is 0 Å². The summed E-state index contributed by atoms with van der Waals surface area (Å²) in [4.78, 5) is 17.3. The Bertz CT molecular complexity index is 424. The van der Waals surface area contributed by atoms with E-state index >= 15 is 0 Å². The first kappa shape index (κ1) is 12.7. The van der Waals surface area contributed by atoms with Crippen LogP contribution >= 0.6 is 0 Å². The zero-order valence-electron chi connectivity index (χ0n) is 10.3. The summed E-state index contributed by atoms with van der Waals surface area (Å²) in [6, 6.07) is 3.64. The van der Waals surface area contributed by atoms with Gasteiger partial charge in [-0.3, -0.25) is 9.78 Å². The molecular formula is C13H16N2O3. The van der Waals surface area contributed by atoms with Crippen LogP contribution in [0.5, 0.6) is 0 Å². The topological polar surface area (TPSA) is 51.7 Å². The molecule has 2 heterocycles. The first-order valence-electron chi connectivity index (χ1n) is 5.80. The maximum Gasteiger partial charge on any atom is 0.224 e. The van der Waals surface area contributed by atoms with Crippen molar-refractivity contribution < 1.29 is 14.3 Å². The molecule has 1 aliphatic heterocycles. The Morgan fingerprint density at radius 1 is 1.56 bits per heavy atom. The fraction of sp³-hybridized carbons (Fsp3) is 0.385. The number of anilines is 1. The normalized spacial score (nSPS) is 15.6. The van der Waals surface area contributed by atoms with Gasteiger partial charge in [-0.2, -0.15) is 0 Å². The molecule has 18 heavy (non-hydrogen) atoms. The minimum absolute atomic E-state index is 0.0437. The van der Waals surface area contributed by atoms with Gasteiger partial charge in [-0.05, 0) is 12.1 Å². The molecule has 96 valence electrons. The molecule has 5 heteroatoms. The van der Waals surface area contributed by atoms with E-state index in [0.29, 0.717) is 19.8 Å². The summed E-state index contributed by atoms with van der Waals surface area (Å²) >= 11 is 0. The first-order valence-corrected chi connectivity index (χ1v) is 5.80. The number of nitrogens with zero attached hydrogens (tertiary/aromatic N) is 2. The molecule has 0 spiro atoms. The highest BCUT2D eigenvalue weighted by Crippen LogP contribution is 2.23. The Kier molecular flexibility index (Phi) is 4.07. The van der Waals surface area contributed by atoms with Crippen molar-refractivity contribution in [1.82, 2.24) is 4.98 Å². The Labute approximate surface area is 106 Å². The van der Waals surface area contributed by atoms with Crippen LogP contribution < -0.4 is 4.90 Å². The van der Waals surface area contributed by atoms with E-state index in [0.717, 1.165) is 11.4 Å². The van der Waals surface area contributed by atoms with Gasteiger partial charge in [-0.15, -0.1) is 6.58 Å². The lowest BCUT2D eigenvalue weighted by Crippen LogP contribution is -2.28. The summed E-state index contributed by atoms with van der Waals surface area (Å²) in [5.74, 6) is -0.0437. The van der Waals surface area contributed by atoms with Crippen molar-refractivity contribution in [3.63, 3.8) is 0 Å². The van der Waals surface area contributed by atoms with Crippen LogP contribution in [0.1, 0.15) is 18.9 Å². The van der Waals surface area contributed by atoms with E-state index in [-0.39, 0.29) is 12.2 Å². The third kappa shape index (κ3) is 2.75. The number of hydrogen-bond acceptors (Lipinski definition) is 4. The van der Waals surface area contributed by atoms with Gasteiger partial charge in [0.15, 0.2) is 0 Å². The first-order chi connectivity index (χ1) is 8.72. The van der Waals surface area contributed by atoms with E-state index in [1.807, 2.05) is 12.1 Å². The second-order valence-electron chi connectivity index (χ2n) is 3.93. The van der Waals surface area contributed by atoms with Crippen molar-refractivity contribution in [3.05, 3.63) is 36.7 Å². The van der Waals surface area contributed by atoms with E-state index in [1.54, 1.807) is 17.2 Å². The standard InChI is InChI=1S/C13H16N2O3/c1-3-6-15(10(2)16)11-4-5-12(14-9-11)13-17-7-8-18-13/h3-5,9,13H,1,6-8H2,2H3. The number of ether oxygens (including phenoxy) is 2. The molecule has 0 unspecified atom stereocenters. The van der Waals surface area contributed by atoms with Crippen LogP contribution in [0.15, 0.2) is 31.0 Å². The fourth-order valence-corrected chi connectivity index (χ4v) is 1.77. The van der Waals surface area contributed by atoms with E-state index in [4.69, 9.17) is 9.47 Å². The minimum Gasteiger partial charge on any atom is -0.345 e. The zero-order valence-corrected chi connectivity index (χ0v) is 10.3. The van der Waals surface area contributed by atoms with Gasteiger partial charge in [0.05, 0.1) is 30.8 Å². The summed E-state index contributed by atoms with van der Waals surface area (Å²) in [6.07, 6.45) is 2.94. The van der Waals surface area contributed by atoms with Gasteiger partial charge in [0.2, 0.25) is 12.2 Å². The lowest BCUT2D eigenvalue weighted by molar-refractivity contribution is -0.116. The van der Waals surface area contributed by atoms with E-state index < -0.39 is 0 Å². The zero-order chi connectivity index (χ0) is 13.0. The maximum atomic E-state index is 11.5. The monoisotopic (exact) mass is 248 g/mol. The molecule has 1 aliphatic rings. The van der Waals surface area contributed by atoms with Crippen LogP contribution in [-0.2, 0) is 14.3 Å². The summed E-state index contributed by atoms with van der Waals surface area (Å²) in [7, 11) is 0. The van der Waals surface area contributed by atoms with E-state index in [2.05, 4.69) is 11.6 Å². The summed E-state index contributed by atoms with van der Waals surface area (Å²) in [5, 5.41) is 0. The molecule has 0 atom stereocenters. The highest BCUT2D eigenvalue weighted by atomic mass is 16.7. The molecule has 5 nitrogen and oxygen atoms in total. The molecule has 0 aromatic carbocycles. The molecule has 1 amide bonds. The van der Waals surface area contributed by atoms with Gasteiger partial charge in [-0.1, -0.05) is 6.08 Å². The highest BCUT2D eigenvalue weighted by Gasteiger charge is 2.20. The molecule has 0 saturated carbocycles. The summed E-state index contributed by atoms with van der Waals surface area (Å²) in [6.45, 7) is 6.79. The highest BCUT2D eigenvalue weighted by molar-refractivity contribution is 5.91. The maximum absolute atomic E-state index is 11.5. The lowest BCUT2D eigenvalue weighted by atomic mass is 10.3. The van der Waals surface area contributed by atoms with Crippen LogP contribution in [0.3, 0.4) is 0 Å². The number of rotatable bonds is 4. The number of carbonyl (C=O) groups excluding carboxylic acids is 1. The van der Waals surface area contributed by atoms with Crippen LogP contribution in [0.25, 0.3) is 0 Å². The second-order valence-corrected chi connectivity index (χ2v) is 3.93. The van der Waals surface area contributed by atoms with Crippen molar-refractivity contribution in [2.45, 2.75) is 13.2 Å². The number of pyridine rings is 1. The van der Waals surface area contributed by atoms with Gasteiger partial charge in [0.1, 0.15) is 0 Å². The van der Waals surface area contributed by atoms with Gasteiger partial charge in [-0.25, -0.2) is 0 Å². The van der Waals surface area contributed by atoms with Crippen molar-refractivity contribution in [1.29, 1.82) is 0 Å². The Balaban J connectivity index is 2.14. The molecule has 0 aliphatic carbocycles. The SMILES string of the molecule is C=CCN(C(C)=O)c1ccc(C2OCCO2)nc1. The van der Waals surface area contributed by atoms with E-state index in [1.165, 1.54) is 6.92 Å². The average molecular weight is 248 g/mol. The molecule has 0 bridgehead atoms. The van der Waals surface area contributed by atoms with Gasteiger partial charge < -0.3 is 14.4 Å². The van der Waals surface area contributed by atoms with Crippen molar-refractivity contribution in [2.24, 2.45) is 0 Å². The Morgan fingerprint density at radius 3 is 2.78 bits per heavy atom. The number of hydrogen-bond donors (Lipinski definition) is 0. The van der Waals surface area contributed by atoms with Crippen LogP contribution in [0.2, 0.25) is 0 Å². The molecule has 1 saturated heterocycles. The van der Waals surface area contributed by atoms with Crippen LogP contribution in [0, 0.1) is 0 Å². The third-order valence-electron chi connectivity index (χ3n) is 2.64. The van der Waals surface area contributed by atoms with Gasteiger partial charge >= 0.3 is 0 Å². The largest absolute Gasteiger partial charge is 0.345 e. The van der Waals surface area contributed by atoms with Crippen molar-refractivity contribution in [3.8, 4) is 0 Å². The predicted molar refractivity (Wildman–Crippen MR) is 67.1 cm³/mol. The number of carbonyl (C=O) groups is 1. The molecule has 0 radical (unpaired) electrons. The average Bonchev–Trinajstić information content (AvgIpc) is 2.90. The number of amides is 1. The molecular weight excluding hydrogens is 232 g/mol. The molecule has 1 aromatic heterocycles. The van der Waals surface area contributed by atoms with Gasteiger partial charge in [0, 0.05) is 13.5 Å². The Morgan fingerprint density at radius 2 is 2.28 bits per heavy atom. The molecule has 1 fully saturated rings. The van der Waals surface area contributed by atoms with Crippen LogP contribution in [0.4, 0.5) is 5.69 Å². The lowest BCUT2D eigenvalue weighted by Gasteiger charge is -2.19. The second kappa shape index (κ2) is 5.75. The Hall–Kier alpha value is -1.72. The summed E-state index contributed by atoms with van der Waals surface area (Å²) < 4.78 is 10.7.